The molecule has 7 nitrogen and oxygen atoms in total. The Bertz CT molecular complexity index is 667. The molecule has 9 heteroatoms. The molecule has 22 heavy (non-hydrogen) atoms. The van der Waals surface area contributed by atoms with Gasteiger partial charge in [0.1, 0.15) is 12.2 Å². The van der Waals surface area contributed by atoms with Gasteiger partial charge in [-0.05, 0) is 19.1 Å². The zero-order chi connectivity index (χ0) is 16.3. The van der Waals surface area contributed by atoms with Crippen molar-refractivity contribution in [3.63, 3.8) is 0 Å². The average molecular weight is 345 g/mol. The number of anilines is 1. The van der Waals surface area contributed by atoms with Crippen molar-refractivity contribution in [1.82, 2.24) is 14.8 Å². The van der Waals surface area contributed by atoms with Crippen LogP contribution in [0.15, 0.2) is 18.5 Å². The minimum atomic E-state index is -1.31. The number of aryl methyl sites for hydroxylation is 1. The number of rotatable bonds is 5. The van der Waals surface area contributed by atoms with Crippen molar-refractivity contribution < 1.29 is 14.6 Å². The molecule has 1 heterocycles. The summed E-state index contributed by atoms with van der Waals surface area (Å²) in [5.74, 6) is -0.120. The minimum Gasteiger partial charge on any atom is -0.467 e. The lowest BCUT2D eigenvalue weighted by Gasteiger charge is -2.14. The van der Waals surface area contributed by atoms with E-state index in [1.807, 2.05) is 0 Å². The molecule has 2 aromatic rings. The van der Waals surface area contributed by atoms with Crippen LogP contribution in [0.2, 0.25) is 10.0 Å². The smallest absolute Gasteiger partial charge is 0.336 e. The highest BCUT2D eigenvalue weighted by molar-refractivity contribution is 6.39. The van der Waals surface area contributed by atoms with E-state index in [0.717, 1.165) is 0 Å². The summed E-state index contributed by atoms with van der Waals surface area (Å²) >= 11 is 12.4. The molecular weight excluding hydrogens is 331 g/mol. The van der Waals surface area contributed by atoms with Crippen LogP contribution in [0.5, 0.6) is 0 Å². The van der Waals surface area contributed by atoms with E-state index < -0.39 is 12.1 Å². The van der Waals surface area contributed by atoms with E-state index in [0.29, 0.717) is 27.2 Å². The van der Waals surface area contributed by atoms with E-state index in [4.69, 9.17) is 23.2 Å². The van der Waals surface area contributed by atoms with E-state index in [2.05, 4.69) is 20.1 Å². The van der Waals surface area contributed by atoms with E-state index in [-0.39, 0.29) is 6.54 Å². The number of aliphatic hydroxyl groups is 1. The number of carbonyl (C=O) groups is 1. The molecule has 0 bridgehead atoms. The first kappa shape index (κ1) is 16.5. The number of ether oxygens (including phenoxy) is 1. The molecule has 0 radical (unpaired) electrons. The summed E-state index contributed by atoms with van der Waals surface area (Å²) in [5.41, 5.74) is 1.06. The largest absolute Gasteiger partial charge is 0.467 e. The molecule has 1 aromatic heterocycles. The molecule has 0 saturated heterocycles. The second-order valence-electron chi connectivity index (χ2n) is 4.44. The molecular formula is C13H14Cl2N4O3. The van der Waals surface area contributed by atoms with Crippen LogP contribution in [0.4, 0.5) is 5.69 Å². The molecule has 2 N–H and O–H groups in total. The lowest BCUT2D eigenvalue weighted by Crippen LogP contribution is -2.29. The van der Waals surface area contributed by atoms with Crippen LogP contribution >= 0.6 is 23.2 Å². The van der Waals surface area contributed by atoms with Crippen molar-refractivity contribution in [1.29, 1.82) is 0 Å². The lowest BCUT2D eigenvalue weighted by atomic mass is 10.2. The monoisotopic (exact) mass is 344 g/mol. The lowest BCUT2D eigenvalue weighted by molar-refractivity contribution is -0.149. The molecule has 2 rings (SSSR count). The Morgan fingerprint density at radius 3 is 2.59 bits per heavy atom. The number of nitrogens with one attached hydrogen (secondary N) is 1. The Hall–Kier alpha value is -1.83. The zero-order valence-electron chi connectivity index (χ0n) is 11.9. The van der Waals surface area contributed by atoms with Gasteiger partial charge in [-0.15, -0.1) is 0 Å². The second-order valence-corrected chi connectivity index (χ2v) is 5.26. The Kier molecular flexibility index (Phi) is 5.23. The fourth-order valence-electron chi connectivity index (χ4n) is 1.75. The van der Waals surface area contributed by atoms with Crippen LogP contribution in [0.25, 0.3) is 5.69 Å². The average Bonchev–Trinajstić information content (AvgIpc) is 2.91. The van der Waals surface area contributed by atoms with Crippen molar-refractivity contribution >= 4 is 34.9 Å². The van der Waals surface area contributed by atoms with Gasteiger partial charge in [-0.3, -0.25) is 0 Å². The summed E-state index contributed by atoms with van der Waals surface area (Å²) in [6.07, 6.45) is 0.237. The third-order valence-corrected chi connectivity index (χ3v) is 3.44. The maximum absolute atomic E-state index is 11.1. The number of aliphatic hydroxyl groups excluding tert-OH is 1. The maximum atomic E-state index is 11.1. The highest BCUT2D eigenvalue weighted by Crippen LogP contribution is 2.33. The molecule has 1 aromatic carbocycles. The SMILES string of the molecule is COC(=O)C(O)CNc1c(Cl)cc(-n2cnc(C)n2)cc1Cl. The minimum absolute atomic E-state index is 0.0755. The van der Waals surface area contributed by atoms with Crippen molar-refractivity contribution in [3.8, 4) is 5.69 Å². The molecule has 0 aliphatic heterocycles. The molecule has 1 atom stereocenters. The van der Waals surface area contributed by atoms with Crippen molar-refractivity contribution in [2.45, 2.75) is 13.0 Å². The number of benzene rings is 1. The van der Waals surface area contributed by atoms with Crippen LogP contribution < -0.4 is 5.32 Å². The van der Waals surface area contributed by atoms with Gasteiger partial charge in [0.2, 0.25) is 0 Å². The molecule has 0 aliphatic rings. The second kappa shape index (κ2) is 6.95. The van der Waals surface area contributed by atoms with E-state index in [9.17, 15) is 9.90 Å². The van der Waals surface area contributed by atoms with E-state index >= 15 is 0 Å². The van der Waals surface area contributed by atoms with Crippen molar-refractivity contribution in [2.75, 3.05) is 19.0 Å². The number of methoxy groups -OCH3 is 1. The summed E-state index contributed by atoms with van der Waals surface area (Å²) in [5, 5.41) is 17.2. The van der Waals surface area contributed by atoms with Crippen molar-refractivity contribution in [2.24, 2.45) is 0 Å². The number of hydrogen-bond acceptors (Lipinski definition) is 6. The van der Waals surface area contributed by atoms with Crippen LogP contribution in [-0.2, 0) is 9.53 Å². The Labute approximate surface area is 136 Å². The normalized spacial score (nSPS) is 12.0. The first-order valence-electron chi connectivity index (χ1n) is 6.30. The molecule has 0 amide bonds. The van der Waals surface area contributed by atoms with Gasteiger partial charge >= 0.3 is 5.97 Å². The predicted octanol–water partition coefficient (Wildman–Crippen LogP) is 1.83. The van der Waals surface area contributed by atoms with Gasteiger partial charge in [-0.1, -0.05) is 23.2 Å². The third kappa shape index (κ3) is 3.68. The first-order valence-corrected chi connectivity index (χ1v) is 7.05. The highest BCUT2D eigenvalue weighted by atomic mass is 35.5. The number of aromatic nitrogens is 3. The molecule has 1 unspecified atom stereocenters. The van der Waals surface area contributed by atoms with Gasteiger partial charge in [0, 0.05) is 0 Å². The standard InChI is InChI=1S/C13H14Cl2N4O3/c1-7-17-6-19(18-7)8-3-9(14)12(10(15)4-8)16-5-11(20)13(21)22-2/h3-4,6,11,16,20H,5H2,1-2H3. The number of hydrogen-bond donors (Lipinski definition) is 2. The number of carbonyl (C=O) groups excluding carboxylic acids is 1. The summed E-state index contributed by atoms with van der Waals surface area (Å²) in [6, 6.07) is 3.29. The van der Waals surface area contributed by atoms with E-state index in [1.165, 1.54) is 7.11 Å². The highest BCUT2D eigenvalue weighted by Gasteiger charge is 2.17. The molecule has 0 aliphatic carbocycles. The molecule has 0 fully saturated rings. The first-order chi connectivity index (χ1) is 10.4. The van der Waals surface area contributed by atoms with Crippen LogP contribution in [0.1, 0.15) is 5.82 Å². The molecule has 0 saturated carbocycles. The van der Waals surface area contributed by atoms with Crippen LogP contribution in [0, 0.1) is 6.92 Å². The van der Waals surface area contributed by atoms with Gasteiger partial charge in [0.15, 0.2) is 6.10 Å². The van der Waals surface area contributed by atoms with Gasteiger partial charge < -0.3 is 15.2 Å². The Balaban J connectivity index is 2.18. The maximum Gasteiger partial charge on any atom is 0.336 e. The zero-order valence-corrected chi connectivity index (χ0v) is 13.4. The van der Waals surface area contributed by atoms with E-state index in [1.54, 1.807) is 30.1 Å². The predicted molar refractivity (Wildman–Crippen MR) is 82.6 cm³/mol. The quantitative estimate of drug-likeness (QED) is 0.804. The van der Waals surface area contributed by atoms with Crippen LogP contribution in [0.3, 0.4) is 0 Å². The third-order valence-electron chi connectivity index (χ3n) is 2.84. The number of nitrogens with zero attached hydrogens (tertiary/aromatic N) is 3. The van der Waals surface area contributed by atoms with Crippen LogP contribution in [-0.4, -0.2) is 45.6 Å². The molecule has 118 valence electrons. The van der Waals surface area contributed by atoms with Gasteiger partial charge in [-0.2, -0.15) is 5.10 Å². The fourth-order valence-corrected chi connectivity index (χ4v) is 2.36. The van der Waals surface area contributed by atoms with Gasteiger partial charge in [0.25, 0.3) is 0 Å². The summed E-state index contributed by atoms with van der Waals surface area (Å²) < 4.78 is 5.97. The fraction of sp³-hybridized carbons (Fsp3) is 0.308. The summed E-state index contributed by atoms with van der Waals surface area (Å²) in [6.45, 7) is 1.69. The number of esters is 1. The molecule has 0 spiro atoms. The summed E-state index contributed by atoms with van der Waals surface area (Å²) in [4.78, 5) is 15.2. The Morgan fingerprint density at radius 1 is 1.45 bits per heavy atom. The topological polar surface area (TPSA) is 89.3 Å². The van der Waals surface area contributed by atoms with Gasteiger partial charge in [-0.25, -0.2) is 14.5 Å². The summed E-state index contributed by atoms with van der Waals surface area (Å²) in [7, 11) is 1.19. The van der Waals surface area contributed by atoms with Crippen molar-refractivity contribution in [3.05, 3.63) is 34.3 Å². The number of halogens is 2. The van der Waals surface area contributed by atoms with Gasteiger partial charge in [0.05, 0.1) is 35.1 Å². The Morgan fingerprint density at radius 2 is 2.09 bits per heavy atom.